The Labute approximate surface area is 102 Å². The van der Waals surface area contributed by atoms with Crippen molar-refractivity contribution >= 4 is 23.6 Å². The lowest BCUT2D eigenvalue weighted by Crippen LogP contribution is -2.36. The Morgan fingerprint density at radius 2 is 1.83 bits per heavy atom. The lowest BCUT2D eigenvalue weighted by molar-refractivity contribution is -0.294. The summed E-state index contributed by atoms with van der Waals surface area (Å²) in [5, 5.41) is 14.2. The van der Waals surface area contributed by atoms with Crippen LogP contribution in [0.3, 0.4) is 0 Å². The van der Waals surface area contributed by atoms with Gasteiger partial charge < -0.3 is 14.6 Å². The van der Waals surface area contributed by atoms with Gasteiger partial charge >= 0.3 is 11.9 Å². The number of benzene rings is 1. The normalized spacial score (nSPS) is 10.6. The molecule has 1 aromatic carbocycles. The summed E-state index contributed by atoms with van der Waals surface area (Å²) >= 11 is 0. The van der Waals surface area contributed by atoms with Gasteiger partial charge in [-0.15, -0.1) is 0 Å². The van der Waals surface area contributed by atoms with Crippen LogP contribution in [0.25, 0.3) is 0 Å². The summed E-state index contributed by atoms with van der Waals surface area (Å²) in [5.74, 6) is -3.93. The zero-order valence-corrected chi connectivity index (χ0v) is 9.38. The van der Waals surface area contributed by atoms with E-state index >= 15 is 0 Å². The Balaban J connectivity index is 2.91. The van der Waals surface area contributed by atoms with Gasteiger partial charge in [0.2, 0.25) is 0 Å². The van der Waals surface area contributed by atoms with Crippen molar-refractivity contribution in [3.63, 3.8) is 0 Å². The van der Waals surface area contributed by atoms with Crippen molar-refractivity contribution in [3.05, 3.63) is 35.9 Å². The van der Waals surface area contributed by atoms with E-state index in [0.29, 0.717) is 0 Å². The van der Waals surface area contributed by atoms with Crippen molar-refractivity contribution in [2.45, 2.75) is 0 Å². The summed E-state index contributed by atoms with van der Waals surface area (Å²) in [7, 11) is 1.02. The number of methoxy groups -OCH3 is 1. The van der Waals surface area contributed by atoms with Crippen LogP contribution in [0.5, 0.6) is 0 Å². The third kappa shape index (κ3) is 3.41. The summed E-state index contributed by atoms with van der Waals surface area (Å²) in [6, 6.07) is 7.81. The molecule has 0 aliphatic carbocycles. The highest BCUT2D eigenvalue weighted by Crippen LogP contribution is 2.00. The van der Waals surface area contributed by atoms with Crippen molar-refractivity contribution in [1.82, 2.24) is 5.43 Å². The van der Waals surface area contributed by atoms with Crippen molar-refractivity contribution in [2.75, 3.05) is 7.11 Å². The van der Waals surface area contributed by atoms with Gasteiger partial charge in [-0.2, -0.15) is 5.10 Å². The molecule has 0 spiro atoms. The van der Waals surface area contributed by atoms with Crippen molar-refractivity contribution in [1.29, 1.82) is 0 Å². The number of nitrogens with one attached hydrogen (secondary N) is 1. The molecule has 1 aromatic rings. The Bertz CT molecular complexity index is 495. The van der Waals surface area contributed by atoms with Crippen molar-refractivity contribution in [2.24, 2.45) is 5.10 Å². The second-order valence-electron chi connectivity index (χ2n) is 3.05. The van der Waals surface area contributed by atoms with E-state index in [9.17, 15) is 19.5 Å². The summed E-state index contributed by atoms with van der Waals surface area (Å²) in [4.78, 5) is 32.6. The van der Waals surface area contributed by atoms with Gasteiger partial charge in [0.25, 0.3) is 0 Å². The Hall–Kier alpha value is -2.70. The first kappa shape index (κ1) is 13.4. The molecule has 0 saturated carbocycles. The quantitative estimate of drug-likeness (QED) is 0.301. The number of esters is 1. The fourth-order valence-electron chi connectivity index (χ4n) is 1.07. The molecule has 0 saturated heterocycles. The number of rotatable bonds is 3. The zero-order chi connectivity index (χ0) is 13.5. The highest BCUT2D eigenvalue weighted by Gasteiger charge is 2.13. The molecule has 0 aliphatic heterocycles. The second kappa shape index (κ2) is 6.14. The predicted octanol–water partition coefficient (Wildman–Crippen LogP) is -1.57. The molecule has 1 N–H and O–H groups in total. The van der Waals surface area contributed by atoms with Crippen LogP contribution < -0.4 is 10.5 Å². The molecular weight excluding hydrogens is 240 g/mol. The maximum atomic E-state index is 11.0. The first-order valence-corrected chi connectivity index (χ1v) is 4.79. The molecule has 0 heterocycles. The van der Waals surface area contributed by atoms with Crippen molar-refractivity contribution in [3.8, 4) is 0 Å². The molecule has 94 valence electrons. The van der Waals surface area contributed by atoms with Gasteiger partial charge in [-0.25, -0.2) is 10.2 Å². The number of hydrazone groups is 1. The number of hydrogen-bond donors (Lipinski definition) is 1. The van der Waals surface area contributed by atoms with Crippen LogP contribution >= 0.6 is 0 Å². The zero-order valence-electron chi connectivity index (χ0n) is 9.38. The van der Waals surface area contributed by atoms with Gasteiger partial charge in [-0.1, -0.05) is 30.3 Å². The number of amides is 1. The monoisotopic (exact) mass is 249 g/mol. The molecule has 7 nitrogen and oxygen atoms in total. The average molecular weight is 249 g/mol. The molecule has 0 radical (unpaired) electrons. The molecule has 1 amide bonds. The maximum absolute atomic E-state index is 11.0. The largest absolute Gasteiger partial charge is 0.543 e. The summed E-state index contributed by atoms with van der Waals surface area (Å²) in [5.41, 5.74) is 1.51. The Morgan fingerprint density at radius 1 is 1.22 bits per heavy atom. The third-order valence-electron chi connectivity index (χ3n) is 1.88. The number of carboxylic acid groups (broad SMARTS) is 1. The molecule has 0 aromatic heterocycles. The van der Waals surface area contributed by atoms with E-state index in [1.54, 1.807) is 23.6 Å². The minimum atomic E-state index is -1.58. The lowest BCUT2D eigenvalue weighted by atomic mass is 10.1. The fourth-order valence-corrected chi connectivity index (χ4v) is 1.07. The molecule has 0 fully saturated rings. The number of aliphatic carboxylic acids is 1. The minimum absolute atomic E-state index is 0.239. The smallest absolute Gasteiger partial charge is 0.398 e. The van der Waals surface area contributed by atoms with Gasteiger partial charge in [-0.3, -0.25) is 4.79 Å². The minimum Gasteiger partial charge on any atom is -0.543 e. The number of ether oxygens (including phenoxy) is 1. The average Bonchev–Trinajstić information content (AvgIpc) is 2.38. The van der Waals surface area contributed by atoms with Crippen LogP contribution in [0.15, 0.2) is 35.4 Å². The number of carbonyl (C=O) groups is 3. The lowest BCUT2D eigenvalue weighted by Gasteiger charge is -2.07. The SMILES string of the molecule is COC(=O)C(=O)N/N=C(/C(=O)[O-])c1ccccc1. The summed E-state index contributed by atoms with van der Waals surface area (Å²) in [6.45, 7) is 0. The van der Waals surface area contributed by atoms with E-state index in [-0.39, 0.29) is 5.56 Å². The molecule has 7 heteroatoms. The number of carbonyl (C=O) groups excluding carboxylic acids is 3. The topological polar surface area (TPSA) is 108 Å². The Morgan fingerprint density at radius 3 is 2.33 bits per heavy atom. The molecule has 1 rings (SSSR count). The highest BCUT2D eigenvalue weighted by atomic mass is 16.5. The van der Waals surface area contributed by atoms with E-state index in [1.807, 2.05) is 0 Å². The first-order valence-electron chi connectivity index (χ1n) is 4.79. The molecular formula is C11H9N2O5-. The third-order valence-corrected chi connectivity index (χ3v) is 1.88. The van der Waals surface area contributed by atoms with Gasteiger partial charge in [-0.05, 0) is 0 Å². The van der Waals surface area contributed by atoms with Crippen molar-refractivity contribution < 1.29 is 24.2 Å². The molecule has 0 aliphatic rings. The Kier molecular flexibility index (Phi) is 4.56. The maximum Gasteiger partial charge on any atom is 0.398 e. The van der Waals surface area contributed by atoms with Crippen LogP contribution in [0.2, 0.25) is 0 Å². The number of nitrogens with zero attached hydrogens (tertiary/aromatic N) is 1. The number of carboxylic acids is 1. The first-order chi connectivity index (χ1) is 8.56. The molecule has 0 atom stereocenters. The predicted molar refractivity (Wildman–Crippen MR) is 58.1 cm³/mol. The van der Waals surface area contributed by atoms with E-state index in [1.165, 1.54) is 12.1 Å². The summed E-state index contributed by atoms with van der Waals surface area (Å²) < 4.78 is 4.13. The van der Waals surface area contributed by atoms with E-state index in [0.717, 1.165) is 7.11 Å². The molecule has 0 unspecified atom stereocenters. The van der Waals surface area contributed by atoms with E-state index in [2.05, 4.69) is 9.84 Å². The number of hydrogen-bond acceptors (Lipinski definition) is 6. The van der Waals surface area contributed by atoms with Crippen LogP contribution in [0.4, 0.5) is 0 Å². The van der Waals surface area contributed by atoms with Crippen LogP contribution in [-0.2, 0) is 19.1 Å². The van der Waals surface area contributed by atoms with Gasteiger partial charge in [0.15, 0.2) is 0 Å². The van der Waals surface area contributed by atoms with Gasteiger partial charge in [0, 0.05) is 5.56 Å². The molecule has 0 bridgehead atoms. The second-order valence-corrected chi connectivity index (χ2v) is 3.05. The summed E-state index contributed by atoms with van der Waals surface area (Å²) in [6.07, 6.45) is 0. The van der Waals surface area contributed by atoms with Crippen LogP contribution in [0, 0.1) is 0 Å². The van der Waals surface area contributed by atoms with E-state index in [4.69, 9.17) is 0 Å². The fraction of sp³-hybridized carbons (Fsp3) is 0.0909. The standard InChI is InChI=1S/C11H10N2O5/c1-18-11(17)9(14)13-12-8(10(15)16)7-5-3-2-4-6-7/h2-6H,1H3,(H,13,14)(H,15,16)/p-1/b12-8+. The van der Waals surface area contributed by atoms with Crippen LogP contribution in [-0.4, -0.2) is 30.7 Å². The van der Waals surface area contributed by atoms with E-state index < -0.39 is 23.6 Å². The van der Waals surface area contributed by atoms with Gasteiger partial charge in [0.05, 0.1) is 13.1 Å². The van der Waals surface area contributed by atoms with Gasteiger partial charge in [0.1, 0.15) is 5.71 Å². The van der Waals surface area contributed by atoms with Crippen LogP contribution in [0.1, 0.15) is 5.56 Å². The molecule has 18 heavy (non-hydrogen) atoms. The highest BCUT2D eigenvalue weighted by molar-refractivity contribution is 6.42.